The van der Waals surface area contributed by atoms with E-state index in [2.05, 4.69) is 5.32 Å². The number of nitrogens with one attached hydrogen (secondary N) is 1. The number of rotatable bonds is 6. The Kier molecular flexibility index (Phi) is 6.13. The maximum atomic E-state index is 11.3. The van der Waals surface area contributed by atoms with E-state index in [-0.39, 0.29) is 18.9 Å². The lowest BCUT2D eigenvalue weighted by atomic mass is 10.1. The number of hydrogen-bond donors (Lipinski definition) is 2. The van der Waals surface area contributed by atoms with Gasteiger partial charge in [-0.05, 0) is 24.6 Å². The number of nitriles is 1. The van der Waals surface area contributed by atoms with E-state index in [1.165, 1.54) is 0 Å². The van der Waals surface area contributed by atoms with Gasteiger partial charge in [-0.2, -0.15) is 5.26 Å². The van der Waals surface area contributed by atoms with Crippen molar-refractivity contribution >= 4 is 17.5 Å². The Hall–Kier alpha value is -1.77. The van der Waals surface area contributed by atoms with Gasteiger partial charge in [0.05, 0.1) is 23.6 Å². The first kappa shape index (κ1) is 15.3. The molecular formula is C13H15ClN2O3. The van der Waals surface area contributed by atoms with Gasteiger partial charge in [0.25, 0.3) is 5.91 Å². The van der Waals surface area contributed by atoms with Crippen LogP contribution in [0.2, 0.25) is 5.02 Å². The topological polar surface area (TPSA) is 82.3 Å². The van der Waals surface area contributed by atoms with Gasteiger partial charge in [0.1, 0.15) is 5.75 Å². The molecule has 0 spiro atoms. The van der Waals surface area contributed by atoms with Crippen LogP contribution in [-0.4, -0.2) is 24.2 Å². The molecule has 0 bridgehead atoms. The lowest BCUT2D eigenvalue weighted by molar-refractivity contribution is -0.123. The summed E-state index contributed by atoms with van der Waals surface area (Å²) in [7, 11) is 0. The molecule has 1 atom stereocenters. The van der Waals surface area contributed by atoms with Crippen LogP contribution in [0.25, 0.3) is 0 Å². The number of aliphatic hydroxyl groups is 1. The van der Waals surface area contributed by atoms with E-state index in [0.717, 1.165) is 0 Å². The third-order valence-electron chi connectivity index (χ3n) is 2.36. The molecule has 6 heteroatoms. The van der Waals surface area contributed by atoms with Crippen molar-refractivity contribution in [3.8, 4) is 11.8 Å². The Morgan fingerprint density at radius 2 is 2.37 bits per heavy atom. The molecule has 0 fully saturated rings. The van der Waals surface area contributed by atoms with E-state index < -0.39 is 6.10 Å². The maximum absolute atomic E-state index is 11.3. The highest BCUT2D eigenvalue weighted by molar-refractivity contribution is 6.32. The predicted molar refractivity (Wildman–Crippen MR) is 70.8 cm³/mol. The zero-order valence-corrected chi connectivity index (χ0v) is 11.3. The summed E-state index contributed by atoms with van der Waals surface area (Å²) in [4.78, 5) is 11.3. The molecule has 1 aromatic rings. The molecule has 0 aliphatic carbocycles. The van der Waals surface area contributed by atoms with Gasteiger partial charge in [-0.25, -0.2) is 0 Å². The molecule has 0 saturated carbocycles. The van der Waals surface area contributed by atoms with Crippen molar-refractivity contribution < 1.29 is 14.6 Å². The monoisotopic (exact) mass is 282 g/mol. The van der Waals surface area contributed by atoms with E-state index in [1.54, 1.807) is 25.1 Å². The molecule has 0 saturated heterocycles. The third-order valence-corrected chi connectivity index (χ3v) is 2.65. The minimum atomic E-state index is -0.610. The highest BCUT2D eigenvalue weighted by Gasteiger charge is 2.08. The molecule has 1 aromatic carbocycles. The Bertz CT molecular complexity index is 483. The third kappa shape index (κ3) is 5.16. The van der Waals surface area contributed by atoms with Gasteiger partial charge in [-0.15, -0.1) is 0 Å². The number of nitrogens with zero attached hydrogens (tertiary/aromatic N) is 1. The Labute approximate surface area is 116 Å². The van der Waals surface area contributed by atoms with Crippen LogP contribution >= 0.6 is 11.6 Å². The Morgan fingerprint density at radius 3 is 2.95 bits per heavy atom. The van der Waals surface area contributed by atoms with Crippen molar-refractivity contribution in [2.75, 3.05) is 13.2 Å². The summed E-state index contributed by atoms with van der Waals surface area (Å²) in [6, 6.07) is 6.80. The van der Waals surface area contributed by atoms with Crippen molar-refractivity contribution in [2.45, 2.75) is 19.4 Å². The first-order chi connectivity index (χ1) is 9.04. The zero-order valence-electron chi connectivity index (χ0n) is 10.5. The number of aliphatic hydroxyl groups excluding tert-OH is 1. The normalized spacial score (nSPS) is 11.5. The summed E-state index contributed by atoms with van der Waals surface area (Å²) in [5.41, 5.74) is 0.677. The first-order valence-corrected chi connectivity index (χ1v) is 6.16. The van der Waals surface area contributed by atoms with Crippen LogP contribution in [0.15, 0.2) is 18.2 Å². The first-order valence-electron chi connectivity index (χ1n) is 5.78. The molecule has 5 nitrogen and oxygen atoms in total. The smallest absolute Gasteiger partial charge is 0.257 e. The molecule has 0 heterocycles. The number of amides is 1. The molecule has 102 valence electrons. The predicted octanol–water partition coefficient (Wildman–Crippen LogP) is 1.80. The minimum absolute atomic E-state index is 0.167. The standard InChI is InChI=1S/C13H15ClN2O3/c1-9(17)10-3-4-12(11(14)7-10)19-8-13(18)16-6-2-5-15/h3-4,7,9,17H,2,6,8H2,1H3,(H,16,18). The minimum Gasteiger partial charge on any atom is -0.482 e. The molecule has 19 heavy (non-hydrogen) atoms. The fraction of sp³-hybridized carbons (Fsp3) is 0.385. The van der Waals surface area contributed by atoms with Crippen LogP contribution in [0.5, 0.6) is 5.75 Å². The number of ether oxygens (including phenoxy) is 1. The Morgan fingerprint density at radius 1 is 1.63 bits per heavy atom. The van der Waals surface area contributed by atoms with Crippen molar-refractivity contribution in [1.29, 1.82) is 5.26 Å². The quantitative estimate of drug-likeness (QED) is 0.780. The van der Waals surface area contributed by atoms with Gasteiger partial charge >= 0.3 is 0 Å². The van der Waals surface area contributed by atoms with Crippen LogP contribution < -0.4 is 10.1 Å². The van der Waals surface area contributed by atoms with E-state index in [0.29, 0.717) is 22.9 Å². The summed E-state index contributed by atoms with van der Waals surface area (Å²) in [5.74, 6) is 0.0624. The molecule has 0 aliphatic rings. The summed E-state index contributed by atoms with van der Waals surface area (Å²) < 4.78 is 5.26. The average Bonchev–Trinajstić information content (AvgIpc) is 2.37. The molecular weight excluding hydrogens is 268 g/mol. The van der Waals surface area contributed by atoms with Crippen LogP contribution in [0.3, 0.4) is 0 Å². The van der Waals surface area contributed by atoms with Gasteiger partial charge in [-0.1, -0.05) is 17.7 Å². The number of halogens is 1. The fourth-order valence-corrected chi connectivity index (χ4v) is 1.59. The molecule has 1 amide bonds. The highest BCUT2D eigenvalue weighted by atomic mass is 35.5. The van der Waals surface area contributed by atoms with Gasteiger partial charge in [-0.3, -0.25) is 4.79 Å². The Balaban J connectivity index is 2.50. The maximum Gasteiger partial charge on any atom is 0.257 e. The van der Waals surface area contributed by atoms with Crippen LogP contribution in [0.1, 0.15) is 25.0 Å². The molecule has 1 unspecified atom stereocenters. The molecule has 0 aromatic heterocycles. The van der Waals surface area contributed by atoms with Gasteiger partial charge in [0, 0.05) is 6.54 Å². The summed E-state index contributed by atoms with van der Waals surface area (Å²) in [5, 5.41) is 20.6. The SMILES string of the molecule is CC(O)c1ccc(OCC(=O)NCCC#N)c(Cl)c1. The summed E-state index contributed by atoms with van der Waals surface area (Å²) >= 11 is 5.97. The lowest BCUT2D eigenvalue weighted by Gasteiger charge is -2.10. The van der Waals surface area contributed by atoms with E-state index in [9.17, 15) is 9.90 Å². The van der Waals surface area contributed by atoms with Gasteiger partial charge < -0.3 is 15.2 Å². The lowest BCUT2D eigenvalue weighted by Crippen LogP contribution is -2.29. The van der Waals surface area contributed by atoms with E-state index >= 15 is 0 Å². The van der Waals surface area contributed by atoms with Crippen LogP contribution in [0.4, 0.5) is 0 Å². The second-order valence-electron chi connectivity index (χ2n) is 3.91. The van der Waals surface area contributed by atoms with Crippen molar-refractivity contribution in [3.05, 3.63) is 28.8 Å². The number of hydrogen-bond acceptors (Lipinski definition) is 4. The zero-order chi connectivity index (χ0) is 14.3. The average molecular weight is 283 g/mol. The largest absolute Gasteiger partial charge is 0.482 e. The molecule has 2 N–H and O–H groups in total. The number of carbonyl (C=O) groups excluding carboxylic acids is 1. The van der Waals surface area contributed by atoms with Gasteiger partial charge in [0.15, 0.2) is 6.61 Å². The van der Waals surface area contributed by atoms with Crippen molar-refractivity contribution in [3.63, 3.8) is 0 Å². The van der Waals surface area contributed by atoms with Crippen LogP contribution in [-0.2, 0) is 4.79 Å². The van der Waals surface area contributed by atoms with Crippen molar-refractivity contribution in [1.82, 2.24) is 5.32 Å². The molecule has 0 radical (unpaired) electrons. The fourth-order valence-electron chi connectivity index (χ4n) is 1.35. The van der Waals surface area contributed by atoms with E-state index in [4.69, 9.17) is 21.6 Å². The van der Waals surface area contributed by atoms with Crippen LogP contribution in [0, 0.1) is 11.3 Å². The molecule has 1 rings (SSSR count). The number of carbonyl (C=O) groups is 1. The second-order valence-corrected chi connectivity index (χ2v) is 4.32. The van der Waals surface area contributed by atoms with E-state index in [1.807, 2.05) is 6.07 Å². The summed E-state index contributed by atoms with van der Waals surface area (Å²) in [6.45, 7) is 1.77. The second kappa shape index (κ2) is 7.62. The van der Waals surface area contributed by atoms with Gasteiger partial charge in [0.2, 0.25) is 0 Å². The van der Waals surface area contributed by atoms with Crippen molar-refractivity contribution in [2.24, 2.45) is 0 Å². The molecule has 0 aliphatic heterocycles. The summed E-state index contributed by atoms with van der Waals surface area (Å²) in [6.07, 6.45) is -0.351. The highest BCUT2D eigenvalue weighted by Crippen LogP contribution is 2.27. The number of benzene rings is 1.